The molecule has 0 spiro atoms. The van der Waals surface area contributed by atoms with Crippen molar-refractivity contribution >= 4 is 23.4 Å². The fourth-order valence-corrected chi connectivity index (χ4v) is 1.94. The quantitative estimate of drug-likeness (QED) is 0.798. The van der Waals surface area contributed by atoms with E-state index in [2.05, 4.69) is 15.3 Å². The van der Waals surface area contributed by atoms with Crippen molar-refractivity contribution in [1.82, 2.24) is 9.97 Å². The van der Waals surface area contributed by atoms with Crippen molar-refractivity contribution in [3.8, 4) is 11.5 Å². The highest BCUT2D eigenvalue weighted by molar-refractivity contribution is 6.29. The Hall–Kier alpha value is -2.21. The maximum absolute atomic E-state index is 5.82. The zero-order chi connectivity index (χ0) is 15.2. The Balaban J connectivity index is 1.94. The van der Waals surface area contributed by atoms with Crippen molar-refractivity contribution in [3.05, 3.63) is 35.5 Å². The first-order valence-corrected chi connectivity index (χ1v) is 6.80. The largest absolute Gasteiger partial charge is 0.493 e. The molecule has 0 aliphatic carbocycles. The van der Waals surface area contributed by atoms with E-state index in [0.29, 0.717) is 29.0 Å². The zero-order valence-electron chi connectivity index (χ0n) is 11.8. The van der Waals surface area contributed by atoms with Gasteiger partial charge in [-0.3, -0.25) is 0 Å². The lowest BCUT2D eigenvalue weighted by molar-refractivity contribution is 0.223. The number of methoxy groups -OCH3 is 1. The molecule has 6 nitrogen and oxygen atoms in total. The minimum atomic E-state index is -0.101. The number of halogens is 1. The maximum atomic E-state index is 5.82. The van der Waals surface area contributed by atoms with E-state index >= 15 is 0 Å². The van der Waals surface area contributed by atoms with Gasteiger partial charge in [0.2, 0.25) is 5.95 Å². The Bertz CT molecular complexity index is 589. The normalized spacial score (nSPS) is 11.8. The number of nitrogens with two attached hydrogens (primary N) is 1. The number of hydrogen-bond acceptors (Lipinski definition) is 6. The molecule has 1 unspecified atom stereocenters. The van der Waals surface area contributed by atoms with Crippen molar-refractivity contribution in [3.63, 3.8) is 0 Å². The second-order valence-electron chi connectivity index (χ2n) is 4.39. The van der Waals surface area contributed by atoms with Gasteiger partial charge in [0.15, 0.2) is 11.5 Å². The number of nitrogens with one attached hydrogen (secondary N) is 1. The smallest absolute Gasteiger partial charge is 0.223 e. The Morgan fingerprint density at radius 1 is 1.29 bits per heavy atom. The molecule has 112 valence electrons. The number of aromatic nitrogens is 2. The summed E-state index contributed by atoms with van der Waals surface area (Å²) < 4.78 is 11.1. The molecule has 0 radical (unpaired) electrons. The van der Waals surface area contributed by atoms with Crippen LogP contribution >= 0.6 is 11.6 Å². The van der Waals surface area contributed by atoms with E-state index in [9.17, 15) is 0 Å². The number of hydrogen-bond donors (Lipinski definition) is 2. The number of ether oxygens (including phenoxy) is 2. The van der Waals surface area contributed by atoms with E-state index in [1.807, 2.05) is 31.2 Å². The molecule has 0 aliphatic heterocycles. The Morgan fingerprint density at radius 2 is 2.00 bits per heavy atom. The van der Waals surface area contributed by atoms with Crippen LogP contribution in [-0.4, -0.2) is 29.7 Å². The van der Waals surface area contributed by atoms with E-state index in [1.54, 1.807) is 13.2 Å². The second kappa shape index (κ2) is 6.99. The molecular formula is C14H17ClN4O2. The van der Waals surface area contributed by atoms with E-state index < -0.39 is 0 Å². The Morgan fingerprint density at radius 3 is 2.67 bits per heavy atom. The van der Waals surface area contributed by atoms with Gasteiger partial charge in [0, 0.05) is 6.07 Å². The molecule has 1 aromatic heterocycles. The molecule has 0 bridgehead atoms. The third-order valence-corrected chi connectivity index (χ3v) is 2.87. The molecule has 0 aliphatic rings. The first kappa shape index (κ1) is 15.2. The highest BCUT2D eigenvalue weighted by Crippen LogP contribution is 2.26. The molecule has 0 saturated heterocycles. The molecule has 21 heavy (non-hydrogen) atoms. The standard InChI is InChI=1S/C14H17ClN4O2/c1-9(21-11-6-4-3-5-10(11)20-2)8-17-13-7-12(15)18-14(16)19-13/h3-7,9H,8H2,1-2H3,(H3,16,17,18,19). The van der Waals surface area contributed by atoms with E-state index in [4.69, 9.17) is 26.8 Å². The van der Waals surface area contributed by atoms with Crippen LogP contribution in [0.3, 0.4) is 0 Å². The first-order valence-electron chi connectivity index (χ1n) is 6.42. The molecule has 2 rings (SSSR count). The summed E-state index contributed by atoms with van der Waals surface area (Å²) in [6.07, 6.45) is -0.101. The summed E-state index contributed by atoms with van der Waals surface area (Å²) in [6, 6.07) is 9.09. The lowest BCUT2D eigenvalue weighted by Crippen LogP contribution is -2.23. The average Bonchev–Trinajstić information content (AvgIpc) is 2.45. The molecule has 1 aromatic carbocycles. The van der Waals surface area contributed by atoms with Crippen LogP contribution in [0, 0.1) is 0 Å². The van der Waals surface area contributed by atoms with Crippen molar-refractivity contribution in [1.29, 1.82) is 0 Å². The predicted octanol–water partition coefficient (Wildman–Crippen LogP) is 2.60. The topological polar surface area (TPSA) is 82.3 Å². The second-order valence-corrected chi connectivity index (χ2v) is 4.78. The molecular weight excluding hydrogens is 292 g/mol. The highest BCUT2D eigenvalue weighted by Gasteiger charge is 2.09. The van der Waals surface area contributed by atoms with Crippen LogP contribution in [0.1, 0.15) is 6.92 Å². The van der Waals surface area contributed by atoms with Gasteiger partial charge in [-0.2, -0.15) is 4.98 Å². The number of para-hydroxylation sites is 2. The fraction of sp³-hybridized carbons (Fsp3) is 0.286. The van der Waals surface area contributed by atoms with Crippen molar-refractivity contribution < 1.29 is 9.47 Å². The lowest BCUT2D eigenvalue weighted by atomic mass is 10.3. The van der Waals surface area contributed by atoms with Crippen LogP contribution in [0.15, 0.2) is 30.3 Å². The van der Waals surface area contributed by atoms with Crippen LogP contribution in [0.4, 0.5) is 11.8 Å². The highest BCUT2D eigenvalue weighted by atomic mass is 35.5. The summed E-state index contributed by atoms with van der Waals surface area (Å²) in [7, 11) is 1.61. The molecule has 3 N–H and O–H groups in total. The van der Waals surface area contributed by atoms with Crippen molar-refractivity contribution in [2.45, 2.75) is 13.0 Å². The summed E-state index contributed by atoms with van der Waals surface area (Å²) in [4.78, 5) is 7.83. The third-order valence-electron chi connectivity index (χ3n) is 2.68. The Labute approximate surface area is 128 Å². The summed E-state index contributed by atoms with van der Waals surface area (Å²) in [5.41, 5.74) is 5.53. The van der Waals surface area contributed by atoms with Crippen LogP contribution in [-0.2, 0) is 0 Å². The number of benzene rings is 1. The van der Waals surface area contributed by atoms with Gasteiger partial charge in [-0.05, 0) is 19.1 Å². The molecule has 1 heterocycles. The zero-order valence-corrected chi connectivity index (χ0v) is 12.6. The molecule has 0 amide bonds. The molecule has 1 atom stereocenters. The van der Waals surface area contributed by atoms with Crippen LogP contribution in [0.2, 0.25) is 5.15 Å². The minimum Gasteiger partial charge on any atom is -0.493 e. The predicted molar refractivity (Wildman–Crippen MR) is 83.0 cm³/mol. The van der Waals surface area contributed by atoms with E-state index in [-0.39, 0.29) is 12.1 Å². The van der Waals surface area contributed by atoms with Crippen molar-refractivity contribution in [2.75, 3.05) is 24.7 Å². The number of rotatable bonds is 6. The van der Waals surface area contributed by atoms with Gasteiger partial charge in [-0.15, -0.1) is 0 Å². The van der Waals surface area contributed by atoms with Gasteiger partial charge in [0.1, 0.15) is 17.1 Å². The number of nitrogen functional groups attached to an aromatic ring is 1. The minimum absolute atomic E-state index is 0.101. The van der Waals surface area contributed by atoms with Crippen LogP contribution in [0.25, 0.3) is 0 Å². The van der Waals surface area contributed by atoms with Crippen LogP contribution in [0.5, 0.6) is 11.5 Å². The summed E-state index contributed by atoms with van der Waals surface area (Å²) in [6.45, 7) is 2.47. The number of nitrogens with zero attached hydrogens (tertiary/aromatic N) is 2. The van der Waals surface area contributed by atoms with Gasteiger partial charge in [0.25, 0.3) is 0 Å². The average molecular weight is 309 g/mol. The lowest BCUT2D eigenvalue weighted by Gasteiger charge is -2.17. The van der Waals surface area contributed by atoms with E-state index in [0.717, 1.165) is 0 Å². The fourth-order valence-electron chi connectivity index (χ4n) is 1.75. The van der Waals surface area contributed by atoms with Crippen LogP contribution < -0.4 is 20.5 Å². The SMILES string of the molecule is COc1ccccc1OC(C)CNc1cc(Cl)nc(N)n1. The maximum Gasteiger partial charge on any atom is 0.223 e. The first-order chi connectivity index (χ1) is 10.1. The molecule has 0 saturated carbocycles. The Kier molecular flexibility index (Phi) is 5.05. The number of anilines is 2. The molecule has 7 heteroatoms. The summed E-state index contributed by atoms with van der Waals surface area (Å²) in [5.74, 6) is 2.07. The van der Waals surface area contributed by atoms with Gasteiger partial charge in [0.05, 0.1) is 13.7 Å². The van der Waals surface area contributed by atoms with E-state index in [1.165, 1.54) is 0 Å². The monoisotopic (exact) mass is 308 g/mol. The van der Waals surface area contributed by atoms with Gasteiger partial charge in [-0.25, -0.2) is 4.98 Å². The van der Waals surface area contributed by atoms with Gasteiger partial charge < -0.3 is 20.5 Å². The van der Waals surface area contributed by atoms with Gasteiger partial charge >= 0.3 is 0 Å². The molecule has 2 aromatic rings. The molecule has 0 fully saturated rings. The third kappa shape index (κ3) is 4.39. The van der Waals surface area contributed by atoms with Gasteiger partial charge in [-0.1, -0.05) is 23.7 Å². The summed E-state index contributed by atoms with van der Waals surface area (Å²) in [5, 5.41) is 3.40. The van der Waals surface area contributed by atoms with Crippen molar-refractivity contribution in [2.24, 2.45) is 0 Å². The summed E-state index contributed by atoms with van der Waals surface area (Å²) >= 11 is 5.82.